The zero-order chi connectivity index (χ0) is 20.1. The van der Waals surface area contributed by atoms with Gasteiger partial charge in [0.05, 0.1) is 12.8 Å². The molecule has 0 aliphatic rings. The normalized spacial score (nSPS) is 11.5. The smallest absolute Gasteiger partial charge is 0.246 e. The molecule has 3 rings (SSSR count). The van der Waals surface area contributed by atoms with Crippen molar-refractivity contribution in [1.82, 2.24) is 0 Å². The number of rotatable bonds is 6. The maximum absolute atomic E-state index is 12.7. The molecule has 0 spiro atoms. The molecule has 3 N–H and O–H groups in total. The third-order valence-electron chi connectivity index (χ3n) is 4.33. The second kappa shape index (κ2) is 8.43. The van der Waals surface area contributed by atoms with Crippen molar-refractivity contribution in [3.8, 4) is 5.75 Å². The predicted molar refractivity (Wildman–Crippen MR) is 113 cm³/mol. The molecule has 6 nitrogen and oxygen atoms in total. The molecule has 2 amide bonds. The zero-order valence-electron chi connectivity index (χ0n) is 16.1. The number of hydrogen-bond donors (Lipinski definition) is 3. The Bertz CT molecular complexity index is 1010. The molecule has 0 bridgehead atoms. The van der Waals surface area contributed by atoms with E-state index in [0.29, 0.717) is 17.1 Å². The second-order valence-corrected chi connectivity index (χ2v) is 6.48. The first-order chi connectivity index (χ1) is 13.5. The summed E-state index contributed by atoms with van der Waals surface area (Å²) >= 11 is 0. The van der Waals surface area contributed by atoms with Gasteiger partial charge in [0.15, 0.2) is 0 Å². The fraction of sp³-hybridized carbons (Fsp3) is 0.182. The lowest BCUT2D eigenvalue weighted by atomic mass is 10.1. The highest BCUT2D eigenvalue weighted by Gasteiger charge is 2.16. The van der Waals surface area contributed by atoms with E-state index in [-0.39, 0.29) is 11.8 Å². The van der Waals surface area contributed by atoms with Crippen molar-refractivity contribution >= 4 is 39.6 Å². The third-order valence-corrected chi connectivity index (χ3v) is 4.33. The first-order valence-corrected chi connectivity index (χ1v) is 8.98. The second-order valence-electron chi connectivity index (χ2n) is 6.48. The quantitative estimate of drug-likeness (QED) is 0.600. The Hall–Kier alpha value is -3.54. The maximum atomic E-state index is 12.7. The van der Waals surface area contributed by atoms with Crippen LogP contribution in [-0.4, -0.2) is 25.0 Å². The van der Waals surface area contributed by atoms with Crippen molar-refractivity contribution in [3.63, 3.8) is 0 Å². The Morgan fingerprint density at radius 3 is 2.43 bits per heavy atom. The van der Waals surface area contributed by atoms with Gasteiger partial charge in [0.1, 0.15) is 11.8 Å². The van der Waals surface area contributed by atoms with Gasteiger partial charge in [-0.05, 0) is 36.6 Å². The van der Waals surface area contributed by atoms with Crippen molar-refractivity contribution in [3.05, 3.63) is 60.7 Å². The fourth-order valence-corrected chi connectivity index (χ4v) is 2.98. The average molecular weight is 377 g/mol. The summed E-state index contributed by atoms with van der Waals surface area (Å²) in [4.78, 5) is 24.0. The number of methoxy groups -OCH3 is 1. The molecule has 0 aromatic heterocycles. The minimum absolute atomic E-state index is 0.169. The van der Waals surface area contributed by atoms with E-state index in [1.165, 1.54) is 6.92 Å². The van der Waals surface area contributed by atoms with E-state index in [1.54, 1.807) is 32.2 Å². The molecule has 144 valence electrons. The molecule has 0 heterocycles. The maximum Gasteiger partial charge on any atom is 0.246 e. The summed E-state index contributed by atoms with van der Waals surface area (Å²) in [5.74, 6) is 0.236. The first kappa shape index (κ1) is 19.2. The summed E-state index contributed by atoms with van der Waals surface area (Å²) in [6, 6.07) is 18.4. The van der Waals surface area contributed by atoms with Gasteiger partial charge in [-0.2, -0.15) is 0 Å². The summed E-state index contributed by atoms with van der Waals surface area (Å²) in [7, 11) is 1.55. The van der Waals surface area contributed by atoms with Gasteiger partial charge in [-0.25, -0.2) is 0 Å². The lowest BCUT2D eigenvalue weighted by Gasteiger charge is -2.19. The van der Waals surface area contributed by atoms with E-state index < -0.39 is 6.04 Å². The van der Waals surface area contributed by atoms with E-state index in [9.17, 15) is 9.59 Å². The largest absolute Gasteiger partial charge is 0.495 e. The summed E-state index contributed by atoms with van der Waals surface area (Å²) < 4.78 is 5.35. The Kier molecular flexibility index (Phi) is 5.79. The molecule has 0 unspecified atom stereocenters. The third kappa shape index (κ3) is 4.40. The van der Waals surface area contributed by atoms with Crippen molar-refractivity contribution in [2.75, 3.05) is 23.1 Å². The Morgan fingerprint density at radius 2 is 1.68 bits per heavy atom. The van der Waals surface area contributed by atoms with Gasteiger partial charge in [0.2, 0.25) is 11.8 Å². The van der Waals surface area contributed by atoms with Crippen molar-refractivity contribution < 1.29 is 14.3 Å². The van der Waals surface area contributed by atoms with Crippen LogP contribution in [0.4, 0.5) is 17.1 Å². The van der Waals surface area contributed by atoms with Gasteiger partial charge in [-0.3, -0.25) is 9.59 Å². The van der Waals surface area contributed by atoms with Gasteiger partial charge < -0.3 is 20.7 Å². The van der Waals surface area contributed by atoms with Crippen molar-refractivity contribution in [2.45, 2.75) is 19.9 Å². The molecule has 0 saturated heterocycles. The van der Waals surface area contributed by atoms with Crippen LogP contribution < -0.4 is 20.7 Å². The lowest BCUT2D eigenvalue weighted by molar-refractivity contribution is -0.116. The number of ether oxygens (including phenoxy) is 1. The molecule has 0 fully saturated rings. The highest BCUT2D eigenvalue weighted by molar-refractivity contribution is 6.04. The molecule has 0 aliphatic heterocycles. The number of anilines is 3. The molecule has 0 radical (unpaired) electrons. The number of amides is 2. The fourth-order valence-electron chi connectivity index (χ4n) is 2.98. The molecule has 3 aromatic carbocycles. The highest BCUT2D eigenvalue weighted by Crippen LogP contribution is 2.29. The SMILES string of the molecule is COc1ccc(NC(C)=O)cc1N[C@H](C)C(=O)Nc1cccc2ccccc12. The minimum Gasteiger partial charge on any atom is -0.495 e. The zero-order valence-corrected chi connectivity index (χ0v) is 16.1. The van der Waals surface area contributed by atoms with Crippen LogP contribution in [0, 0.1) is 0 Å². The van der Waals surface area contributed by atoms with Crippen LogP contribution in [-0.2, 0) is 9.59 Å². The summed E-state index contributed by atoms with van der Waals surface area (Å²) in [6.45, 7) is 3.21. The van der Waals surface area contributed by atoms with E-state index in [4.69, 9.17) is 4.74 Å². The van der Waals surface area contributed by atoms with Crippen molar-refractivity contribution in [1.29, 1.82) is 0 Å². The Balaban J connectivity index is 1.77. The molecular formula is C22H23N3O3. The summed E-state index contributed by atoms with van der Waals surface area (Å²) in [6.07, 6.45) is 0. The van der Waals surface area contributed by atoms with E-state index >= 15 is 0 Å². The first-order valence-electron chi connectivity index (χ1n) is 8.98. The van der Waals surface area contributed by atoms with Crippen LogP contribution >= 0.6 is 0 Å². The molecule has 28 heavy (non-hydrogen) atoms. The highest BCUT2D eigenvalue weighted by atomic mass is 16.5. The topological polar surface area (TPSA) is 79.5 Å². The van der Waals surface area contributed by atoms with Crippen LogP contribution in [0.25, 0.3) is 10.8 Å². The average Bonchev–Trinajstić information content (AvgIpc) is 2.68. The molecular weight excluding hydrogens is 354 g/mol. The Labute approximate surface area is 163 Å². The Morgan fingerprint density at radius 1 is 0.929 bits per heavy atom. The van der Waals surface area contributed by atoms with Gasteiger partial charge in [-0.1, -0.05) is 36.4 Å². The van der Waals surface area contributed by atoms with Crippen LogP contribution in [0.2, 0.25) is 0 Å². The number of carbonyl (C=O) groups is 2. The van der Waals surface area contributed by atoms with Crippen LogP contribution in [0.15, 0.2) is 60.7 Å². The van der Waals surface area contributed by atoms with Gasteiger partial charge >= 0.3 is 0 Å². The molecule has 3 aromatic rings. The van der Waals surface area contributed by atoms with Crippen LogP contribution in [0.5, 0.6) is 5.75 Å². The van der Waals surface area contributed by atoms with Crippen LogP contribution in [0.1, 0.15) is 13.8 Å². The van der Waals surface area contributed by atoms with Gasteiger partial charge in [0, 0.05) is 23.7 Å². The lowest BCUT2D eigenvalue weighted by Crippen LogP contribution is -2.32. The standard InChI is InChI=1S/C22H23N3O3/c1-14(23-20-13-17(24-15(2)26)11-12-21(20)28-3)22(27)25-19-10-6-8-16-7-4-5-9-18(16)19/h4-14,23H,1-3H3,(H,24,26)(H,25,27)/t14-/m1/s1. The number of fused-ring (bicyclic) bond motifs is 1. The molecule has 1 atom stereocenters. The van der Waals surface area contributed by atoms with Crippen molar-refractivity contribution in [2.24, 2.45) is 0 Å². The van der Waals surface area contributed by atoms with E-state index in [0.717, 1.165) is 16.5 Å². The van der Waals surface area contributed by atoms with E-state index in [2.05, 4.69) is 16.0 Å². The molecule has 0 saturated carbocycles. The molecule has 0 aliphatic carbocycles. The number of benzene rings is 3. The number of carbonyl (C=O) groups excluding carboxylic acids is 2. The van der Waals surface area contributed by atoms with Gasteiger partial charge in [0.25, 0.3) is 0 Å². The van der Waals surface area contributed by atoms with E-state index in [1.807, 2.05) is 42.5 Å². The predicted octanol–water partition coefficient (Wildman–Crippen LogP) is 4.25. The minimum atomic E-state index is -0.527. The van der Waals surface area contributed by atoms with Crippen LogP contribution in [0.3, 0.4) is 0 Å². The number of nitrogens with one attached hydrogen (secondary N) is 3. The van der Waals surface area contributed by atoms with Gasteiger partial charge in [-0.15, -0.1) is 0 Å². The summed E-state index contributed by atoms with van der Waals surface area (Å²) in [5, 5.41) is 10.9. The number of hydrogen-bond acceptors (Lipinski definition) is 4. The molecule has 6 heteroatoms. The monoisotopic (exact) mass is 377 g/mol. The summed E-state index contributed by atoms with van der Waals surface area (Å²) in [5.41, 5.74) is 2.00.